The third-order valence-electron chi connectivity index (χ3n) is 2.63. The van der Waals surface area contributed by atoms with Gasteiger partial charge in [0.1, 0.15) is 0 Å². The molecule has 0 fully saturated rings. The standard InChI is InChI=1S/C10H24NP/c1-6-8(10(2,3)4)7-9(12)11-5/h8-9,11H,6-7,12H2,1-5H3/t8?,9-/m0/s1. The van der Waals surface area contributed by atoms with Crippen LogP contribution in [0.3, 0.4) is 0 Å². The molecule has 2 unspecified atom stereocenters. The summed E-state index contributed by atoms with van der Waals surface area (Å²) in [5.74, 6) is 1.38. The number of hydrogen-bond donors (Lipinski definition) is 1. The molecule has 0 bridgehead atoms. The second-order valence-electron chi connectivity index (χ2n) is 4.60. The Morgan fingerprint density at radius 2 is 1.83 bits per heavy atom. The van der Waals surface area contributed by atoms with E-state index in [9.17, 15) is 0 Å². The van der Waals surface area contributed by atoms with Gasteiger partial charge in [-0.05, 0) is 24.8 Å². The molecule has 3 atom stereocenters. The lowest BCUT2D eigenvalue weighted by molar-refractivity contribution is 0.214. The highest BCUT2D eigenvalue weighted by atomic mass is 31.0. The van der Waals surface area contributed by atoms with Crippen LogP contribution in [0, 0.1) is 11.3 Å². The van der Waals surface area contributed by atoms with Gasteiger partial charge in [0, 0.05) is 5.78 Å². The fraction of sp³-hybridized carbons (Fsp3) is 1.00. The highest BCUT2D eigenvalue weighted by Gasteiger charge is 2.23. The van der Waals surface area contributed by atoms with E-state index in [1.165, 1.54) is 12.8 Å². The number of hydrogen-bond acceptors (Lipinski definition) is 1. The first-order chi connectivity index (χ1) is 5.41. The van der Waals surface area contributed by atoms with Gasteiger partial charge in [0.15, 0.2) is 0 Å². The van der Waals surface area contributed by atoms with Crippen molar-refractivity contribution in [1.82, 2.24) is 5.32 Å². The van der Waals surface area contributed by atoms with E-state index in [0.29, 0.717) is 11.2 Å². The van der Waals surface area contributed by atoms with Crippen molar-refractivity contribution in [2.24, 2.45) is 11.3 Å². The van der Waals surface area contributed by atoms with E-state index in [4.69, 9.17) is 0 Å². The van der Waals surface area contributed by atoms with E-state index in [0.717, 1.165) is 5.92 Å². The lowest BCUT2D eigenvalue weighted by Crippen LogP contribution is -2.28. The fourth-order valence-corrected chi connectivity index (χ4v) is 1.89. The normalized spacial score (nSPS) is 17.5. The summed E-state index contributed by atoms with van der Waals surface area (Å²) in [7, 11) is 4.88. The van der Waals surface area contributed by atoms with Gasteiger partial charge in [-0.2, -0.15) is 0 Å². The Kier molecular flexibility index (Phi) is 5.36. The molecule has 0 rings (SSSR count). The molecule has 0 aliphatic rings. The molecule has 1 nitrogen and oxygen atoms in total. The monoisotopic (exact) mass is 189 g/mol. The van der Waals surface area contributed by atoms with Crippen LogP contribution in [0.5, 0.6) is 0 Å². The zero-order valence-corrected chi connectivity index (χ0v) is 10.3. The smallest absolute Gasteiger partial charge is 0.0211 e. The summed E-state index contributed by atoms with van der Waals surface area (Å²) in [6, 6.07) is 0. The Bertz CT molecular complexity index is 117. The molecular weight excluding hydrogens is 165 g/mol. The summed E-state index contributed by atoms with van der Waals surface area (Å²) in [6.07, 6.45) is 2.53. The molecule has 0 radical (unpaired) electrons. The molecule has 0 aromatic heterocycles. The summed E-state index contributed by atoms with van der Waals surface area (Å²) in [5.41, 5.74) is 0.445. The fourth-order valence-electron chi connectivity index (χ4n) is 1.56. The molecule has 0 saturated heterocycles. The molecule has 0 aromatic rings. The van der Waals surface area contributed by atoms with Crippen molar-refractivity contribution in [3.05, 3.63) is 0 Å². The molecular formula is C10H24NP. The predicted molar refractivity (Wildman–Crippen MR) is 60.4 cm³/mol. The minimum Gasteiger partial charge on any atom is -0.314 e. The average molecular weight is 189 g/mol. The van der Waals surface area contributed by atoms with Gasteiger partial charge >= 0.3 is 0 Å². The van der Waals surface area contributed by atoms with Crippen molar-refractivity contribution in [1.29, 1.82) is 0 Å². The summed E-state index contributed by atoms with van der Waals surface area (Å²) in [4.78, 5) is 0. The summed E-state index contributed by atoms with van der Waals surface area (Å²) in [6.45, 7) is 9.26. The first-order valence-electron chi connectivity index (χ1n) is 4.84. The third-order valence-corrected chi connectivity index (χ3v) is 3.23. The Morgan fingerprint density at radius 3 is 2.08 bits per heavy atom. The SMILES string of the molecule is CCC(C[C@H](P)NC)C(C)(C)C. The van der Waals surface area contributed by atoms with E-state index >= 15 is 0 Å². The maximum absolute atomic E-state index is 3.26. The predicted octanol–water partition coefficient (Wildman–Crippen LogP) is 2.87. The van der Waals surface area contributed by atoms with Crippen LogP contribution in [0.2, 0.25) is 0 Å². The third kappa shape index (κ3) is 4.42. The van der Waals surface area contributed by atoms with Crippen molar-refractivity contribution < 1.29 is 0 Å². The minimum atomic E-state index is 0.445. The van der Waals surface area contributed by atoms with Gasteiger partial charge in [0.05, 0.1) is 0 Å². The molecule has 0 amide bonds. The quantitative estimate of drug-likeness (QED) is 0.670. The topological polar surface area (TPSA) is 12.0 Å². The van der Waals surface area contributed by atoms with E-state index in [2.05, 4.69) is 42.3 Å². The van der Waals surface area contributed by atoms with E-state index in [-0.39, 0.29) is 0 Å². The van der Waals surface area contributed by atoms with Gasteiger partial charge in [-0.15, -0.1) is 9.24 Å². The molecule has 0 aliphatic carbocycles. The van der Waals surface area contributed by atoms with Crippen LogP contribution < -0.4 is 5.32 Å². The molecule has 0 spiro atoms. The molecule has 0 saturated carbocycles. The van der Waals surface area contributed by atoms with Crippen molar-refractivity contribution in [2.45, 2.75) is 46.3 Å². The maximum atomic E-state index is 3.26. The Labute approximate surface area is 79.9 Å². The van der Waals surface area contributed by atoms with E-state index in [1.54, 1.807) is 0 Å². The first kappa shape index (κ1) is 12.4. The Hall–Kier alpha value is 0.390. The summed E-state index contributed by atoms with van der Waals surface area (Å²) in [5, 5.41) is 3.26. The van der Waals surface area contributed by atoms with Crippen LogP contribution in [-0.2, 0) is 0 Å². The van der Waals surface area contributed by atoms with Crippen LogP contribution in [0.1, 0.15) is 40.5 Å². The first-order valence-corrected chi connectivity index (χ1v) is 5.51. The Balaban J connectivity index is 4.00. The van der Waals surface area contributed by atoms with Gasteiger partial charge in [-0.3, -0.25) is 0 Å². The number of rotatable bonds is 4. The summed E-state index contributed by atoms with van der Waals surface area (Å²) >= 11 is 0. The molecule has 0 heterocycles. The number of nitrogens with one attached hydrogen (secondary N) is 1. The van der Waals surface area contributed by atoms with E-state index < -0.39 is 0 Å². The van der Waals surface area contributed by atoms with Crippen molar-refractivity contribution >= 4 is 9.24 Å². The van der Waals surface area contributed by atoms with Crippen LogP contribution in [0.15, 0.2) is 0 Å². The van der Waals surface area contributed by atoms with Crippen LogP contribution in [0.25, 0.3) is 0 Å². The second kappa shape index (κ2) is 5.19. The average Bonchev–Trinajstić information content (AvgIpc) is 1.97. The maximum Gasteiger partial charge on any atom is 0.0211 e. The summed E-state index contributed by atoms with van der Waals surface area (Å²) < 4.78 is 0. The van der Waals surface area contributed by atoms with Gasteiger partial charge in [-0.25, -0.2) is 0 Å². The highest BCUT2D eigenvalue weighted by molar-refractivity contribution is 7.17. The van der Waals surface area contributed by atoms with Crippen molar-refractivity contribution in [3.8, 4) is 0 Å². The lowest BCUT2D eigenvalue weighted by Gasteiger charge is -2.31. The van der Waals surface area contributed by atoms with Crippen molar-refractivity contribution in [3.63, 3.8) is 0 Å². The zero-order chi connectivity index (χ0) is 9.78. The van der Waals surface area contributed by atoms with Crippen LogP contribution >= 0.6 is 9.24 Å². The van der Waals surface area contributed by atoms with Gasteiger partial charge in [-0.1, -0.05) is 34.1 Å². The van der Waals surface area contributed by atoms with Gasteiger partial charge < -0.3 is 5.32 Å². The van der Waals surface area contributed by atoms with Gasteiger partial charge in [0.2, 0.25) is 0 Å². The molecule has 0 aromatic carbocycles. The lowest BCUT2D eigenvalue weighted by atomic mass is 9.77. The minimum absolute atomic E-state index is 0.445. The van der Waals surface area contributed by atoms with E-state index in [1.807, 2.05) is 7.05 Å². The molecule has 12 heavy (non-hydrogen) atoms. The van der Waals surface area contributed by atoms with Crippen LogP contribution in [-0.4, -0.2) is 12.8 Å². The molecule has 0 aliphatic heterocycles. The van der Waals surface area contributed by atoms with Gasteiger partial charge in [0.25, 0.3) is 0 Å². The molecule has 1 N–H and O–H groups in total. The highest BCUT2D eigenvalue weighted by Crippen LogP contribution is 2.32. The van der Waals surface area contributed by atoms with Crippen LogP contribution in [0.4, 0.5) is 0 Å². The Morgan fingerprint density at radius 1 is 1.33 bits per heavy atom. The van der Waals surface area contributed by atoms with Crippen molar-refractivity contribution in [2.75, 3.05) is 7.05 Å². The largest absolute Gasteiger partial charge is 0.314 e. The molecule has 74 valence electrons. The second-order valence-corrected chi connectivity index (χ2v) is 5.41. The zero-order valence-electron chi connectivity index (χ0n) is 9.15. The molecule has 2 heteroatoms.